The van der Waals surface area contributed by atoms with Crippen molar-refractivity contribution in [2.75, 3.05) is 19.8 Å². The number of aromatic nitrogens is 1. The summed E-state index contributed by atoms with van der Waals surface area (Å²) in [6.07, 6.45) is 1.79. The van der Waals surface area contributed by atoms with E-state index in [2.05, 4.69) is 15.6 Å². The van der Waals surface area contributed by atoms with Crippen LogP contribution in [-0.4, -0.2) is 36.7 Å². The summed E-state index contributed by atoms with van der Waals surface area (Å²) in [5, 5.41) is 6.42. The third-order valence-electron chi connectivity index (χ3n) is 5.36. The van der Waals surface area contributed by atoms with Crippen molar-refractivity contribution in [3.8, 4) is 11.5 Å². The van der Waals surface area contributed by atoms with Crippen LogP contribution in [0.15, 0.2) is 34.7 Å². The Labute approximate surface area is 147 Å². The summed E-state index contributed by atoms with van der Waals surface area (Å²) < 4.78 is 11.4. The van der Waals surface area contributed by atoms with E-state index in [1.54, 1.807) is 0 Å². The van der Waals surface area contributed by atoms with Crippen LogP contribution in [0, 0.1) is 12.3 Å². The molecule has 6 heteroatoms. The molecule has 0 bridgehead atoms. The van der Waals surface area contributed by atoms with Gasteiger partial charge in [0.2, 0.25) is 11.8 Å². The fraction of sp³-hybridized carbons (Fsp3) is 0.474. The van der Waals surface area contributed by atoms with Gasteiger partial charge in [-0.3, -0.25) is 10.1 Å². The van der Waals surface area contributed by atoms with Crippen molar-refractivity contribution in [1.29, 1.82) is 0 Å². The zero-order valence-corrected chi connectivity index (χ0v) is 14.4. The lowest BCUT2D eigenvalue weighted by molar-refractivity contribution is -0.122. The summed E-state index contributed by atoms with van der Waals surface area (Å²) in [6, 6.07) is 9.64. The van der Waals surface area contributed by atoms with Crippen LogP contribution in [0.5, 0.6) is 0 Å². The number of amides is 1. The van der Waals surface area contributed by atoms with Gasteiger partial charge in [0, 0.05) is 30.7 Å². The number of hydrogen-bond donors (Lipinski definition) is 2. The molecule has 4 rings (SSSR count). The van der Waals surface area contributed by atoms with E-state index in [1.165, 1.54) is 0 Å². The minimum absolute atomic E-state index is 0.0501. The number of nitrogens with zero attached hydrogens (tertiary/aromatic N) is 1. The van der Waals surface area contributed by atoms with E-state index in [-0.39, 0.29) is 17.4 Å². The van der Waals surface area contributed by atoms with Crippen molar-refractivity contribution in [2.45, 2.75) is 32.4 Å². The molecule has 0 aliphatic carbocycles. The maximum atomic E-state index is 12.3. The SMILES string of the molecule is Cc1nc(-c2ccccc2)oc1CNC1C(=O)NCC12CCOCC2. The van der Waals surface area contributed by atoms with Crippen molar-refractivity contribution < 1.29 is 13.9 Å². The van der Waals surface area contributed by atoms with Gasteiger partial charge in [-0.25, -0.2) is 4.98 Å². The first kappa shape index (κ1) is 16.3. The average molecular weight is 341 g/mol. The van der Waals surface area contributed by atoms with Crippen molar-refractivity contribution in [3.63, 3.8) is 0 Å². The minimum Gasteiger partial charge on any atom is -0.440 e. The van der Waals surface area contributed by atoms with E-state index >= 15 is 0 Å². The van der Waals surface area contributed by atoms with E-state index in [0.29, 0.717) is 25.6 Å². The van der Waals surface area contributed by atoms with Gasteiger partial charge in [-0.05, 0) is 31.9 Å². The highest BCUT2D eigenvalue weighted by molar-refractivity contribution is 5.85. The van der Waals surface area contributed by atoms with Gasteiger partial charge in [-0.15, -0.1) is 0 Å². The second-order valence-corrected chi connectivity index (χ2v) is 6.90. The molecular weight excluding hydrogens is 318 g/mol. The summed E-state index contributed by atoms with van der Waals surface area (Å²) in [7, 11) is 0. The fourth-order valence-electron chi connectivity index (χ4n) is 3.79. The third-order valence-corrected chi connectivity index (χ3v) is 5.36. The predicted molar refractivity (Wildman–Crippen MR) is 92.8 cm³/mol. The molecule has 2 aliphatic rings. The van der Waals surface area contributed by atoms with Gasteiger partial charge in [0.15, 0.2) is 0 Å². The van der Waals surface area contributed by atoms with Gasteiger partial charge in [-0.1, -0.05) is 18.2 Å². The molecule has 1 aromatic heterocycles. The highest BCUT2D eigenvalue weighted by atomic mass is 16.5. The number of ether oxygens (including phenoxy) is 1. The van der Waals surface area contributed by atoms with Gasteiger partial charge in [0.05, 0.1) is 18.3 Å². The minimum atomic E-state index is -0.207. The van der Waals surface area contributed by atoms with Gasteiger partial charge < -0.3 is 14.5 Å². The molecule has 0 saturated carbocycles. The Bertz CT molecular complexity index is 751. The molecule has 1 unspecified atom stereocenters. The first-order valence-corrected chi connectivity index (χ1v) is 8.78. The molecule has 2 N–H and O–H groups in total. The van der Waals surface area contributed by atoms with E-state index in [9.17, 15) is 4.79 Å². The summed E-state index contributed by atoms with van der Waals surface area (Å²) in [5.74, 6) is 1.47. The number of carbonyl (C=O) groups excluding carboxylic acids is 1. The summed E-state index contributed by atoms with van der Waals surface area (Å²) in [4.78, 5) is 16.8. The molecule has 2 saturated heterocycles. The van der Waals surface area contributed by atoms with Crippen LogP contribution in [0.1, 0.15) is 24.3 Å². The van der Waals surface area contributed by atoms with E-state index in [1.807, 2.05) is 37.3 Å². The maximum absolute atomic E-state index is 12.3. The van der Waals surface area contributed by atoms with Crippen LogP contribution in [0.3, 0.4) is 0 Å². The zero-order valence-electron chi connectivity index (χ0n) is 14.4. The Morgan fingerprint density at radius 1 is 1.28 bits per heavy atom. The van der Waals surface area contributed by atoms with Crippen molar-refractivity contribution in [3.05, 3.63) is 41.8 Å². The van der Waals surface area contributed by atoms with Gasteiger partial charge in [0.1, 0.15) is 5.76 Å². The third kappa shape index (κ3) is 3.07. The smallest absolute Gasteiger partial charge is 0.237 e. The van der Waals surface area contributed by atoms with Crippen LogP contribution in [0.4, 0.5) is 0 Å². The number of carbonyl (C=O) groups is 1. The summed E-state index contributed by atoms with van der Waals surface area (Å²) >= 11 is 0. The Morgan fingerprint density at radius 3 is 2.80 bits per heavy atom. The first-order valence-electron chi connectivity index (χ1n) is 8.78. The largest absolute Gasteiger partial charge is 0.440 e. The number of aryl methyl sites for hydroxylation is 1. The van der Waals surface area contributed by atoms with Gasteiger partial charge in [0.25, 0.3) is 0 Å². The number of rotatable bonds is 4. The quantitative estimate of drug-likeness (QED) is 0.890. The van der Waals surface area contributed by atoms with Crippen LogP contribution in [-0.2, 0) is 16.1 Å². The fourth-order valence-corrected chi connectivity index (χ4v) is 3.79. The molecule has 25 heavy (non-hydrogen) atoms. The molecular formula is C19H23N3O3. The predicted octanol–water partition coefficient (Wildman–Crippen LogP) is 2.03. The molecule has 1 aromatic carbocycles. The topological polar surface area (TPSA) is 76.4 Å². The molecule has 6 nitrogen and oxygen atoms in total. The second kappa shape index (κ2) is 6.61. The summed E-state index contributed by atoms with van der Waals surface area (Å²) in [6.45, 7) is 4.58. The van der Waals surface area contributed by atoms with E-state index in [0.717, 1.165) is 36.4 Å². The van der Waals surface area contributed by atoms with E-state index < -0.39 is 0 Å². The number of hydrogen-bond acceptors (Lipinski definition) is 5. The van der Waals surface area contributed by atoms with Crippen molar-refractivity contribution >= 4 is 5.91 Å². The summed E-state index contributed by atoms with van der Waals surface area (Å²) in [5.41, 5.74) is 1.76. The lowest BCUT2D eigenvalue weighted by atomic mass is 9.76. The Balaban J connectivity index is 1.49. The molecule has 2 aromatic rings. The number of oxazole rings is 1. The average Bonchev–Trinajstić information content (AvgIpc) is 3.16. The monoisotopic (exact) mass is 341 g/mol. The van der Waals surface area contributed by atoms with Crippen LogP contribution in [0.2, 0.25) is 0 Å². The maximum Gasteiger partial charge on any atom is 0.237 e. The Hall–Kier alpha value is -2.18. The first-order chi connectivity index (χ1) is 12.2. The highest BCUT2D eigenvalue weighted by Crippen LogP contribution is 2.37. The lowest BCUT2D eigenvalue weighted by Crippen LogP contribution is -2.49. The second-order valence-electron chi connectivity index (χ2n) is 6.90. The normalized spacial score (nSPS) is 22.3. The molecule has 1 spiro atoms. The van der Waals surface area contributed by atoms with Gasteiger partial charge in [-0.2, -0.15) is 0 Å². The Kier molecular flexibility index (Phi) is 4.31. The molecule has 2 aliphatic heterocycles. The number of benzene rings is 1. The molecule has 132 valence electrons. The zero-order chi connectivity index (χ0) is 17.3. The molecule has 3 heterocycles. The standard InChI is InChI=1S/C19H23N3O3/c1-13-15(25-18(22-13)14-5-3-2-4-6-14)11-20-16-17(23)21-12-19(16)7-9-24-10-8-19/h2-6,16,20H,7-12H2,1H3,(H,21,23). The molecule has 1 amide bonds. The highest BCUT2D eigenvalue weighted by Gasteiger charge is 2.48. The van der Waals surface area contributed by atoms with Crippen molar-refractivity contribution in [2.24, 2.45) is 5.41 Å². The molecule has 1 atom stereocenters. The van der Waals surface area contributed by atoms with Crippen LogP contribution in [0.25, 0.3) is 11.5 Å². The van der Waals surface area contributed by atoms with Gasteiger partial charge >= 0.3 is 0 Å². The van der Waals surface area contributed by atoms with E-state index in [4.69, 9.17) is 9.15 Å². The Morgan fingerprint density at radius 2 is 2.04 bits per heavy atom. The lowest BCUT2D eigenvalue weighted by Gasteiger charge is -2.36. The van der Waals surface area contributed by atoms with Crippen LogP contribution >= 0.6 is 0 Å². The molecule has 0 radical (unpaired) electrons. The number of nitrogens with one attached hydrogen (secondary N) is 2. The van der Waals surface area contributed by atoms with Crippen LogP contribution < -0.4 is 10.6 Å². The molecule has 2 fully saturated rings. The van der Waals surface area contributed by atoms with Crippen molar-refractivity contribution in [1.82, 2.24) is 15.6 Å².